The Bertz CT molecular complexity index is 593. The zero-order valence-electron chi connectivity index (χ0n) is 12.7. The van der Waals surface area contributed by atoms with Crippen LogP contribution < -0.4 is 0 Å². The highest BCUT2D eigenvalue weighted by atomic mass is 32.2. The molecule has 0 saturated carbocycles. The molecule has 0 atom stereocenters. The van der Waals surface area contributed by atoms with Crippen molar-refractivity contribution in [1.82, 2.24) is 14.5 Å². The van der Waals surface area contributed by atoms with Crippen molar-refractivity contribution in [3.05, 3.63) is 36.5 Å². The Kier molecular flexibility index (Phi) is 5.44. The smallest absolute Gasteiger partial charge is 0.222 e. The molecule has 1 amide bonds. The number of rotatable bonds is 6. The van der Waals surface area contributed by atoms with Crippen molar-refractivity contribution >= 4 is 17.7 Å². The van der Waals surface area contributed by atoms with E-state index in [1.807, 2.05) is 31.4 Å². The Morgan fingerprint density at radius 1 is 1.29 bits per heavy atom. The Balaban J connectivity index is 1.91. The average molecular weight is 303 g/mol. The molecular formula is C16H21N3OS. The van der Waals surface area contributed by atoms with Crippen molar-refractivity contribution in [3.63, 3.8) is 0 Å². The number of nitrogens with zero attached hydrogens (tertiary/aromatic N) is 3. The number of carbonyl (C=O) groups excluding carboxylic acids is 1. The second-order valence-electron chi connectivity index (χ2n) is 5.09. The Hall–Kier alpha value is -1.75. The molecule has 2 aromatic rings. The van der Waals surface area contributed by atoms with Crippen molar-refractivity contribution in [2.75, 3.05) is 19.8 Å². The van der Waals surface area contributed by atoms with Gasteiger partial charge in [-0.1, -0.05) is 42.1 Å². The summed E-state index contributed by atoms with van der Waals surface area (Å²) in [6.45, 7) is 0. The standard InChI is InChI=1S/C16H21N3OS/c1-18(2)15(20)10-7-11-21-16-17-12-14(19(16)3)13-8-5-4-6-9-13/h4-6,8-9,12H,7,10-11H2,1-3H3. The van der Waals surface area contributed by atoms with Crippen LogP contribution in [-0.2, 0) is 11.8 Å². The lowest BCUT2D eigenvalue weighted by Crippen LogP contribution is -2.21. The van der Waals surface area contributed by atoms with Crippen LogP contribution in [-0.4, -0.2) is 40.2 Å². The first-order chi connectivity index (χ1) is 10.1. The fourth-order valence-corrected chi connectivity index (χ4v) is 2.90. The van der Waals surface area contributed by atoms with Gasteiger partial charge in [0.15, 0.2) is 5.16 Å². The van der Waals surface area contributed by atoms with E-state index in [1.54, 1.807) is 30.8 Å². The van der Waals surface area contributed by atoms with Crippen molar-refractivity contribution in [1.29, 1.82) is 0 Å². The molecule has 0 aliphatic rings. The van der Waals surface area contributed by atoms with Gasteiger partial charge in [-0.25, -0.2) is 4.98 Å². The topological polar surface area (TPSA) is 38.1 Å². The van der Waals surface area contributed by atoms with Crippen molar-refractivity contribution in [2.24, 2.45) is 7.05 Å². The molecule has 0 radical (unpaired) electrons. The highest BCUT2D eigenvalue weighted by molar-refractivity contribution is 7.99. The van der Waals surface area contributed by atoms with E-state index in [-0.39, 0.29) is 5.91 Å². The van der Waals surface area contributed by atoms with Crippen LogP contribution in [0, 0.1) is 0 Å². The molecule has 0 spiro atoms. The normalized spacial score (nSPS) is 10.6. The van der Waals surface area contributed by atoms with Gasteiger partial charge in [-0.05, 0) is 12.0 Å². The summed E-state index contributed by atoms with van der Waals surface area (Å²) in [5.41, 5.74) is 2.28. The summed E-state index contributed by atoms with van der Waals surface area (Å²) in [7, 11) is 5.61. The van der Waals surface area contributed by atoms with Gasteiger partial charge in [0.05, 0.1) is 11.9 Å². The van der Waals surface area contributed by atoms with Gasteiger partial charge >= 0.3 is 0 Å². The Labute approximate surface area is 130 Å². The SMILES string of the molecule is CN(C)C(=O)CCCSc1ncc(-c2ccccc2)n1C. The van der Waals surface area contributed by atoms with E-state index in [1.165, 1.54) is 5.56 Å². The van der Waals surface area contributed by atoms with Crippen LogP contribution in [0.25, 0.3) is 11.3 Å². The van der Waals surface area contributed by atoms with Gasteiger partial charge in [-0.3, -0.25) is 4.79 Å². The molecule has 1 aromatic heterocycles. The van der Waals surface area contributed by atoms with Crippen LogP contribution in [0.1, 0.15) is 12.8 Å². The van der Waals surface area contributed by atoms with Gasteiger partial charge in [0.25, 0.3) is 0 Å². The number of thioether (sulfide) groups is 1. The van der Waals surface area contributed by atoms with Crippen LogP contribution >= 0.6 is 11.8 Å². The number of imidazole rings is 1. The maximum absolute atomic E-state index is 11.5. The quantitative estimate of drug-likeness (QED) is 0.608. The van der Waals surface area contributed by atoms with Gasteiger partial charge in [0, 0.05) is 33.3 Å². The maximum atomic E-state index is 11.5. The molecule has 0 fully saturated rings. The molecule has 4 nitrogen and oxygen atoms in total. The number of hydrogen-bond donors (Lipinski definition) is 0. The molecule has 0 bridgehead atoms. The molecule has 0 aliphatic heterocycles. The first kappa shape index (κ1) is 15.6. The molecular weight excluding hydrogens is 282 g/mol. The molecule has 1 heterocycles. The molecule has 1 aromatic carbocycles. The van der Waals surface area contributed by atoms with Gasteiger partial charge in [0.1, 0.15) is 0 Å². The molecule has 0 N–H and O–H groups in total. The number of hydrogen-bond acceptors (Lipinski definition) is 3. The van der Waals surface area contributed by atoms with Gasteiger partial charge in [-0.2, -0.15) is 0 Å². The summed E-state index contributed by atoms with van der Waals surface area (Å²) < 4.78 is 2.10. The third kappa shape index (κ3) is 4.11. The summed E-state index contributed by atoms with van der Waals surface area (Å²) in [6.07, 6.45) is 3.37. The van der Waals surface area contributed by atoms with Crippen LogP contribution in [0.4, 0.5) is 0 Å². The van der Waals surface area contributed by atoms with Gasteiger partial charge < -0.3 is 9.47 Å². The van der Waals surface area contributed by atoms with Crippen LogP contribution in [0.5, 0.6) is 0 Å². The zero-order valence-corrected chi connectivity index (χ0v) is 13.6. The summed E-state index contributed by atoms with van der Waals surface area (Å²) in [5.74, 6) is 1.08. The largest absolute Gasteiger partial charge is 0.349 e. The maximum Gasteiger partial charge on any atom is 0.222 e. The second kappa shape index (κ2) is 7.31. The third-order valence-electron chi connectivity index (χ3n) is 3.28. The lowest BCUT2D eigenvalue weighted by Gasteiger charge is -2.09. The van der Waals surface area contributed by atoms with E-state index in [2.05, 4.69) is 21.7 Å². The summed E-state index contributed by atoms with van der Waals surface area (Å²) in [6, 6.07) is 10.2. The summed E-state index contributed by atoms with van der Waals surface area (Å²) in [5, 5.41) is 0.992. The molecule has 0 unspecified atom stereocenters. The highest BCUT2D eigenvalue weighted by Crippen LogP contribution is 2.25. The molecule has 0 saturated heterocycles. The van der Waals surface area contributed by atoms with Crippen LogP contribution in [0.15, 0.2) is 41.7 Å². The lowest BCUT2D eigenvalue weighted by molar-refractivity contribution is -0.128. The lowest BCUT2D eigenvalue weighted by atomic mass is 10.2. The van der Waals surface area contributed by atoms with Gasteiger partial charge in [-0.15, -0.1) is 0 Å². The summed E-state index contributed by atoms with van der Waals surface area (Å²) in [4.78, 5) is 17.6. The Morgan fingerprint density at radius 2 is 2.00 bits per heavy atom. The van der Waals surface area contributed by atoms with Crippen molar-refractivity contribution in [3.8, 4) is 11.3 Å². The minimum atomic E-state index is 0.181. The van der Waals surface area contributed by atoms with E-state index in [0.29, 0.717) is 6.42 Å². The van der Waals surface area contributed by atoms with E-state index < -0.39 is 0 Å². The van der Waals surface area contributed by atoms with E-state index >= 15 is 0 Å². The van der Waals surface area contributed by atoms with E-state index in [4.69, 9.17) is 0 Å². The first-order valence-corrected chi connectivity index (χ1v) is 7.98. The molecule has 0 aliphatic carbocycles. The molecule has 112 valence electrons. The molecule has 21 heavy (non-hydrogen) atoms. The number of aromatic nitrogens is 2. The van der Waals surface area contributed by atoms with Crippen LogP contribution in [0.3, 0.4) is 0 Å². The predicted molar refractivity (Wildman–Crippen MR) is 87.3 cm³/mol. The van der Waals surface area contributed by atoms with E-state index in [9.17, 15) is 4.79 Å². The van der Waals surface area contributed by atoms with Crippen LogP contribution in [0.2, 0.25) is 0 Å². The number of benzene rings is 1. The minimum Gasteiger partial charge on any atom is -0.349 e. The highest BCUT2D eigenvalue weighted by Gasteiger charge is 2.09. The minimum absolute atomic E-state index is 0.181. The summed E-state index contributed by atoms with van der Waals surface area (Å²) >= 11 is 1.70. The Morgan fingerprint density at radius 3 is 2.67 bits per heavy atom. The number of amides is 1. The average Bonchev–Trinajstić information content (AvgIpc) is 2.85. The van der Waals surface area contributed by atoms with Crippen molar-refractivity contribution in [2.45, 2.75) is 18.0 Å². The van der Waals surface area contributed by atoms with Crippen molar-refractivity contribution < 1.29 is 4.79 Å². The predicted octanol–water partition coefficient (Wildman–Crippen LogP) is 3.05. The monoisotopic (exact) mass is 303 g/mol. The molecule has 2 rings (SSSR count). The number of carbonyl (C=O) groups is 1. The van der Waals surface area contributed by atoms with E-state index in [0.717, 1.165) is 23.0 Å². The fraction of sp³-hybridized carbons (Fsp3) is 0.375. The fourth-order valence-electron chi connectivity index (χ4n) is 2.01. The molecule has 5 heteroatoms. The second-order valence-corrected chi connectivity index (χ2v) is 6.15. The zero-order chi connectivity index (χ0) is 15.2. The third-order valence-corrected chi connectivity index (χ3v) is 4.41. The first-order valence-electron chi connectivity index (χ1n) is 6.99. The van der Waals surface area contributed by atoms with Gasteiger partial charge in [0.2, 0.25) is 5.91 Å².